The SMILES string of the molecule is CCCCCCC(=O)N1C[C@H](OC(=O)CCC(=O)O)C[C@H]1CO. The third kappa shape index (κ3) is 6.99. The lowest BCUT2D eigenvalue weighted by atomic mass is 10.1. The van der Waals surface area contributed by atoms with E-state index in [1.807, 2.05) is 0 Å². The zero-order valence-corrected chi connectivity index (χ0v) is 13.7. The Morgan fingerprint density at radius 2 is 1.87 bits per heavy atom. The summed E-state index contributed by atoms with van der Waals surface area (Å²) >= 11 is 0. The lowest BCUT2D eigenvalue weighted by molar-refractivity contribution is -0.152. The number of carboxylic acids is 1. The van der Waals surface area contributed by atoms with Crippen molar-refractivity contribution >= 4 is 17.8 Å². The molecule has 1 aliphatic heterocycles. The summed E-state index contributed by atoms with van der Waals surface area (Å²) in [6.45, 7) is 2.22. The number of aliphatic hydroxyl groups is 1. The van der Waals surface area contributed by atoms with Crippen molar-refractivity contribution in [1.82, 2.24) is 4.90 Å². The topological polar surface area (TPSA) is 104 Å². The number of hydrogen-bond donors (Lipinski definition) is 2. The fourth-order valence-corrected chi connectivity index (χ4v) is 2.74. The fraction of sp³-hybridized carbons (Fsp3) is 0.812. The molecule has 0 aromatic heterocycles. The second-order valence-electron chi connectivity index (χ2n) is 5.93. The van der Waals surface area contributed by atoms with Crippen LogP contribution >= 0.6 is 0 Å². The third-order valence-corrected chi connectivity index (χ3v) is 3.99. The van der Waals surface area contributed by atoms with Crippen LogP contribution in [-0.4, -0.2) is 58.3 Å². The van der Waals surface area contributed by atoms with E-state index in [9.17, 15) is 19.5 Å². The van der Waals surface area contributed by atoms with Gasteiger partial charge in [0.05, 0.1) is 32.0 Å². The Morgan fingerprint density at radius 1 is 1.13 bits per heavy atom. The first-order valence-electron chi connectivity index (χ1n) is 8.29. The fourth-order valence-electron chi connectivity index (χ4n) is 2.74. The predicted molar refractivity (Wildman–Crippen MR) is 82.7 cm³/mol. The van der Waals surface area contributed by atoms with Crippen molar-refractivity contribution in [3.63, 3.8) is 0 Å². The molecule has 1 rings (SSSR count). The number of unbranched alkanes of at least 4 members (excludes halogenated alkanes) is 3. The van der Waals surface area contributed by atoms with Crippen molar-refractivity contribution in [2.75, 3.05) is 13.2 Å². The monoisotopic (exact) mass is 329 g/mol. The molecule has 1 saturated heterocycles. The molecule has 7 heteroatoms. The minimum Gasteiger partial charge on any atom is -0.481 e. The van der Waals surface area contributed by atoms with E-state index in [4.69, 9.17) is 9.84 Å². The largest absolute Gasteiger partial charge is 0.481 e. The average molecular weight is 329 g/mol. The Kier molecular flexibility index (Phi) is 8.61. The van der Waals surface area contributed by atoms with Crippen LogP contribution in [0.4, 0.5) is 0 Å². The quantitative estimate of drug-likeness (QED) is 0.463. The third-order valence-electron chi connectivity index (χ3n) is 3.99. The van der Waals surface area contributed by atoms with Gasteiger partial charge in [0.2, 0.25) is 5.91 Å². The molecule has 1 amide bonds. The van der Waals surface area contributed by atoms with Crippen LogP contribution in [0.5, 0.6) is 0 Å². The van der Waals surface area contributed by atoms with Gasteiger partial charge in [0.15, 0.2) is 0 Å². The summed E-state index contributed by atoms with van der Waals surface area (Å²) in [5.74, 6) is -1.65. The molecule has 0 unspecified atom stereocenters. The number of amides is 1. The summed E-state index contributed by atoms with van der Waals surface area (Å²) in [5.41, 5.74) is 0. The summed E-state index contributed by atoms with van der Waals surface area (Å²) in [6.07, 6.45) is 3.96. The number of aliphatic hydroxyl groups excluding tert-OH is 1. The molecule has 1 fully saturated rings. The number of esters is 1. The molecule has 1 heterocycles. The van der Waals surface area contributed by atoms with Gasteiger partial charge in [-0.1, -0.05) is 26.2 Å². The van der Waals surface area contributed by atoms with Crippen LogP contribution in [0.15, 0.2) is 0 Å². The molecule has 0 aromatic rings. The van der Waals surface area contributed by atoms with E-state index in [-0.39, 0.29) is 37.9 Å². The molecule has 0 aromatic carbocycles. The van der Waals surface area contributed by atoms with Crippen molar-refractivity contribution in [3.05, 3.63) is 0 Å². The van der Waals surface area contributed by atoms with Crippen LogP contribution in [0.2, 0.25) is 0 Å². The summed E-state index contributed by atoms with van der Waals surface area (Å²) in [4.78, 5) is 35.8. The molecule has 1 aliphatic rings. The van der Waals surface area contributed by atoms with E-state index in [2.05, 4.69) is 6.92 Å². The number of nitrogens with zero attached hydrogens (tertiary/aromatic N) is 1. The van der Waals surface area contributed by atoms with E-state index >= 15 is 0 Å². The lowest BCUT2D eigenvalue weighted by Gasteiger charge is -2.22. The van der Waals surface area contributed by atoms with Crippen LogP contribution in [-0.2, 0) is 19.1 Å². The van der Waals surface area contributed by atoms with Crippen molar-refractivity contribution in [1.29, 1.82) is 0 Å². The number of aliphatic carboxylic acids is 1. The van der Waals surface area contributed by atoms with E-state index in [0.29, 0.717) is 12.8 Å². The number of ether oxygens (including phenoxy) is 1. The Labute approximate surface area is 136 Å². The minimum atomic E-state index is -1.05. The normalized spacial score (nSPS) is 20.5. The highest BCUT2D eigenvalue weighted by Crippen LogP contribution is 2.22. The highest BCUT2D eigenvalue weighted by Gasteiger charge is 2.36. The number of rotatable bonds is 10. The maximum absolute atomic E-state index is 12.2. The van der Waals surface area contributed by atoms with E-state index in [1.54, 1.807) is 4.90 Å². The predicted octanol–water partition coefficient (Wildman–Crippen LogP) is 1.33. The van der Waals surface area contributed by atoms with Gasteiger partial charge < -0.3 is 19.8 Å². The van der Waals surface area contributed by atoms with Crippen LogP contribution in [0.25, 0.3) is 0 Å². The molecule has 0 bridgehead atoms. The zero-order valence-electron chi connectivity index (χ0n) is 13.7. The second-order valence-corrected chi connectivity index (χ2v) is 5.93. The van der Waals surface area contributed by atoms with Crippen molar-refractivity contribution in [2.24, 2.45) is 0 Å². The van der Waals surface area contributed by atoms with Gasteiger partial charge in [0.1, 0.15) is 6.10 Å². The van der Waals surface area contributed by atoms with Crippen molar-refractivity contribution < 1.29 is 29.3 Å². The number of hydrogen-bond acceptors (Lipinski definition) is 5. The molecular weight excluding hydrogens is 302 g/mol. The number of carbonyl (C=O) groups excluding carboxylic acids is 2. The molecule has 2 atom stereocenters. The van der Waals surface area contributed by atoms with Crippen LogP contribution in [0.1, 0.15) is 58.3 Å². The first-order chi connectivity index (χ1) is 11.0. The Hall–Kier alpha value is -1.63. The lowest BCUT2D eigenvalue weighted by Crippen LogP contribution is -2.38. The van der Waals surface area contributed by atoms with Gasteiger partial charge in [0.25, 0.3) is 0 Å². The first-order valence-corrected chi connectivity index (χ1v) is 8.29. The van der Waals surface area contributed by atoms with Gasteiger partial charge in [-0.2, -0.15) is 0 Å². The van der Waals surface area contributed by atoms with Gasteiger partial charge >= 0.3 is 11.9 Å². The molecule has 132 valence electrons. The highest BCUT2D eigenvalue weighted by atomic mass is 16.5. The smallest absolute Gasteiger partial charge is 0.306 e. The summed E-state index contributed by atoms with van der Waals surface area (Å²) in [5, 5.41) is 18.0. The van der Waals surface area contributed by atoms with Gasteiger partial charge in [0, 0.05) is 12.8 Å². The van der Waals surface area contributed by atoms with E-state index in [1.165, 1.54) is 0 Å². The maximum Gasteiger partial charge on any atom is 0.306 e. The minimum absolute atomic E-state index is 0.0239. The van der Waals surface area contributed by atoms with E-state index in [0.717, 1.165) is 25.7 Å². The van der Waals surface area contributed by atoms with Gasteiger partial charge in [-0.15, -0.1) is 0 Å². The Bertz CT molecular complexity index is 411. The number of carboxylic acid groups (broad SMARTS) is 1. The molecule has 7 nitrogen and oxygen atoms in total. The molecule has 23 heavy (non-hydrogen) atoms. The van der Waals surface area contributed by atoms with Gasteiger partial charge in [-0.05, 0) is 6.42 Å². The average Bonchev–Trinajstić information content (AvgIpc) is 2.92. The molecular formula is C16H27NO6. The summed E-state index contributed by atoms with van der Waals surface area (Å²) in [7, 11) is 0. The summed E-state index contributed by atoms with van der Waals surface area (Å²) in [6, 6.07) is -0.328. The Balaban J connectivity index is 2.41. The number of carbonyl (C=O) groups is 3. The highest BCUT2D eigenvalue weighted by molar-refractivity contribution is 5.78. The maximum atomic E-state index is 12.2. The van der Waals surface area contributed by atoms with Crippen LogP contribution < -0.4 is 0 Å². The standard InChI is InChI=1S/C16H27NO6/c1-2-3-4-5-6-14(19)17-10-13(9-12(17)11-18)23-16(22)8-7-15(20)21/h12-13,18H,2-11H2,1H3,(H,20,21)/t12-,13+/m0/s1. The number of likely N-dealkylation sites (tertiary alicyclic amines) is 1. The molecule has 0 radical (unpaired) electrons. The van der Waals surface area contributed by atoms with Crippen LogP contribution in [0.3, 0.4) is 0 Å². The second kappa shape index (κ2) is 10.2. The van der Waals surface area contributed by atoms with Crippen molar-refractivity contribution in [3.8, 4) is 0 Å². The molecule has 0 saturated carbocycles. The van der Waals surface area contributed by atoms with Crippen LogP contribution in [0, 0.1) is 0 Å². The zero-order chi connectivity index (χ0) is 17.2. The molecule has 0 spiro atoms. The molecule has 0 aliphatic carbocycles. The van der Waals surface area contributed by atoms with Gasteiger partial charge in [-0.3, -0.25) is 14.4 Å². The van der Waals surface area contributed by atoms with Crippen molar-refractivity contribution in [2.45, 2.75) is 70.4 Å². The van der Waals surface area contributed by atoms with Gasteiger partial charge in [-0.25, -0.2) is 0 Å². The summed E-state index contributed by atoms with van der Waals surface area (Å²) < 4.78 is 5.21. The molecule has 2 N–H and O–H groups in total. The van der Waals surface area contributed by atoms with E-state index < -0.39 is 18.0 Å². The Morgan fingerprint density at radius 3 is 2.48 bits per heavy atom. The first kappa shape index (κ1) is 19.4.